The van der Waals surface area contributed by atoms with Crippen LogP contribution in [0.1, 0.15) is 19.8 Å². The Balaban J connectivity index is 2.06. The van der Waals surface area contributed by atoms with Gasteiger partial charge in [-0.1, -0.05) is 6.92 Å². The summed E-state index contributed by atoms with van der Waals surface area (Å²) < 4.78 is 25.2. The highest BCUT2D eigenvalue weighted by Gasteiger charge is 2.55. The first-order chi connectivity index (χ1) is 5.52. The van der Waals surface area contributed by atoms with Crippen LogP contribution < -0.4 is 16.4 Å². The Morgan fingerprint density at radius 2 is 2.08 bits per heavy atom. The fourth-order valence-corrected chi connectivity index (χ4v) is 1.85. The third kappa shape index (κ3) is 1.04. The third-order valence-electron chi connectivity index (χ3n) is 2.43. The predicted molar refractivity (Wildman–Crippen MR) is 39.8 cm³/mol. The molecule has 0 saturated heterocycles. The lowest BCUT2D eigenvalue weighted by molar-refractivity contribution is -0.140. The Morgan fingerprint density at radius 1 is 1.42 bits per heavy atom. The summed E-state index contributed by atoms with van der Waals surface area (Å²) in [4.78, 5) is 0. The molecule has 12 heavy (non-hydrogen) atoms. The summed E-state index contributed by atoms with van der Waals surface area (Å²) in [6.45, 7) is 1.83. The zero-order valence-electron chi connectivity index (χ0n) is 6.75. The SMILES string of the molecule is CC1(C2=CNNN2)CC(F)(F)C1. The van der Waals surface area contributed by atoms with E-state index in [9.17, 15) is 8.78 Å². The number of nitrogens with one attached hydrogen (secondary N) is 3. The summed E-state index contributed by atoms with van der Waals surface area (Å²) in [6.07, 6.45) is 1.56. The Labute approximate surface area is 69.1 Å². The van der Waals surface area contributed by atoms with Crippen LogP contribution in [-0.2, 0) is 0 Å². The second-order valence-corrected chi connectivity index (χ2v) is 3.72. The van der Waals surface area contributed by atoms with Crippen molar-refractivity contribution in [1.29, 1.82) is 0 Å². The molecule has 0 bridgehead atoms. The minimum atomic E-state index is -2.47. The van der Waals surface area contributed by atoms with Crippen molar-refractivity contribution in [2.75, 3.05) is 0 Å². The molecule has 3 N–H and O–H groups in total. The second-order valence-electron chi connectivity index (χ2n) is 3.72. The molecule has 1 aliphatic carbocycles. The number of hydrogen-bond acceptors (Lipinski definition) is 3. The van der Waals surface area contributed by atoms with E-state index in [1.54, 1.807) is 6.20 Å². The van der Waals surface area contributed by atoms with Crippen molar-refractivity contribution < 1.29 is 8.78 Å². The molecule has 68 valence electrons. The van der Waals surface area contributed by atoms with Gasteiger partial charge in [0.2, 0.25) is 5.92 Å². The maximum atomic E-state index is 12.6. The van der Waals surface area contributed by atoms with Crippen LogP contribution in [0.2, 0.25) is 0 Å². The lowest BCUT2D eigenvalue weighted by atomic mass is 9.65. The summed E-state index contributed by atoms with van der Waals surface area (Å²) >= 11 is 0. The van der Waals surface area contributed by atoms with E-state index < -0.39 is 5.92 Å². The molecule has 1 heterocycles. The standard InChI is InChI=1S/C7H11F2N3/c1-6(3-7(8,9)4-6)5-2-10-12-11-5/h2,10-12H,3-4H2,1H3. The highest BCUT2D eigenvalue weighted by Crippen LogP contribution is 2.54. The van der Waals surface area contributed by atoms with Crippen LogP contribution in [0.5, 0.6) is 0 Å². The van der Waals surface area contributed by atoms with Crippen LogP contribution in [0.15, 0.2) is 11.9 Å². The molecule has 5 heteroatoms. The normalized spacial score (nSPS) is 29.8. The van der Waals surface area contributed by atoms with Crippen molar-refractivity contribution in [3.8, 4) is 0 Å². The van der Waals surface area contributed by atoms with Gasteiger partial charge in [-0.15, -0.1) is 0 Å². The minimum absolute atomic E-state index is 0.0673. The van der Waals surface area contributed by atoms with Crippen LogP contribution >= 0.6 is 0 Å². The van der Waals surface area contributed by atoms with Crippen molar-refractivity contribution in [3.63, 3.8) is 0 Å². The highest BCUT2D eigenvalue weighted by molar-refractivity contribution is 5.19. The van der Waals surface area contributed by atoms with Gasteiger partial charge in [-0.2, -0.15) is 5.53 Å². The van der Waals surface area contributed by atoms with E-state index in [1.165, 1.54) is 0 Å². The molecule has 1 fully saturated rings. The molecular weight excluding hydrogens is 164 g/mol. The molecule has 2 rings (SSSR count). The van der Waals surface area contributed by atoms with Crippen molar-refractivity contribution in [3.05, 3.63) is 11.9 Å². The maximum Gasteiger partial charge on any atom is 0.250 e. The molecule has 0 radical (unpaired) electrons. The quantitative estimate of drug-likeness (QED) is 0.553. The maximum absolute atomic E-state index is 12.6. The largest absolute Gasteiger partial charge is 0.310 e. The lowest BCUT2D eigenvalue weighted by Crippen LogP contribution is -2.48. The summed E-state index contributed by atoms with van der Waals surface area (Å²) in [6, 6.07) is 0. The molecule has 1 aliphatic heterocycles. The summed E-state index contributed by atoms with van der Waals surface area (Å²) in [5.41, 5.74) is 8.57. The number of halogens is 2. The van der Waals surface area contributed by atoms with Gasteiger partial charge in [-0.25, -0.2) is 8.78 Å². The van der Waals surface area contributed by atoms with Crippen LogP contribution in [0.4, 0.5) is 8.78 Å². The molecule has 0 aromatic rings. The first kappa shape index (κ1) is 7.79. The Hall–Kier alpha value is -0.840. The fraction of sp³-hybridized carbons (Fsp3) is 0.714. The molecule has 0 aromatic heterocycles. The van der Waals surface area contributed by atoms with Crippen LogP contribution in [0.3, 0.4) is 0 Å². The van der Waals surface area contributed by atoms with Gasteiger partial charge in [0.05, 0.1) is 5.70 Å². The van der Waals surface area contributed by atoms with Crippen LogP contribution in [0.25, 0.3) is 0 Å². The molecule has 1 saturated carbocycles. The third-order valence-corrected chi connectivity index (χ3v) is 2.43. The summed E-state index contributed by atoms with van der Waals surface area (Å²) in [7, 11) is 0. The summed E-state index contributed by atoms with van der Waals surface area (Å²) in [5.74, 6) is -2.47. The monoisotopic (exact) mass is 175 g/mol. The fourth-order valence-electron chi connectivity index (χ4n) is 1.85. The van der Waals surface area contributed by atoms with Crippen molar-refractivity contribution >= 4 is 0 Å². The molecule has 0 aromatic carbocycles. The van der Waals surface area contributed by atoms with Gasteiger partial charge in [-0.05, 0) is 0 Å². The van der Waals surface area contributed by atoms with Gasteiger partial charge in [-0.3, -0.25) is 0 Å². The Morgan fingerprint density at radius 3 is 2.50 bits per heavy atom. The van der Waals surface area contributed by atoms with Gasteiger partial charge < -0.3 is 10.9 Å². The number of hydrazine groups is 2. The van der Waals surface area contributed by atoms with E-state index in [-0.39, 0.29) is 18.3 Å². The Kier molecular flexibility index (Phi) is 1.36. The first-order valence-corrected chi connectivity index (χ1v) is 3.87. The lowest BCUT2D eigenvalue weighted by Gasteiger charge is -2.45. The zero-order valence-corrected chi connectivity index (χ0v) is 6.75. The average Bonchev–Trinajstić information content (AvgIpc) is 2.31. The van der Waals surface area contributed by atoms with Crippen molar-refractivity contribution in [2.24, 2.45) is 5.41 Å². The number of allylic oxidation sites excluding steroid dienone is 1. The van der Waals surface area contributed by atoms with Crippen molar-refractivity contribution in [1.82, 2.24) is 16.4 Å². The molecule has 0 spiro atoms. The zero-order chi connectivity index (χ0) is 8.82. The number of alkyl halides is 2. The number of rotatable bonds is 1. The van der Waals surface area contributed by atoms with Crippen molar-refractivity contribution in [2.45, 2.75) is 25.7 Å². The van der Waals surface area contributed by atoms with Crippen LogP contribution in [-0.4, -0.2) is 5.92 Å². The molecular formula is C7H11F2N3. The van der Waals surface area contributed by atoms with Gasteiger partial charge in [0.15, 0.2) is 0 Å². The summed E-state index contributed by atoms with van der Waals surface area (Å²) in [5, 5.41) is 0. The van der Waals surface area contributed by atoms with Gasteiger partial charge in [0.25, 0.3) is 0 Å². The van der Waals surface area contributed by atoms with Crippen LogP contribution in [0, 0.1) is 5.41 Å². The second kappa shape index (κ2) is 2.10. The number of hydrogen-bond donors (Lipinski definition) is 3. The van der Waals surface area contributed by atoms with Gasteiger partial charge >= 0.3 is 0 Å². The predicted octanol–water partition coefficient (Wildman–Crippen LogP) is 0.876. The first-order valence-electron chi connectivity index (χ1n) is 3.87. The smallest absolute Gasteiger partial charge is 0.250 e. The van der Waals surface area contributed by atoms with Gasteiger partial charge in [0, 0.05) is 24.5 Å². The molecule has 0 unspecified atom stereocenters. The van der Waals surface area contributed by atoms with E-state index in [2.05, 4.69) is 16.4 Å². The van der Waals surface area contributed by atoms with Gasteiger partial charge in [0.1, 0.15) is 0 Å². The van der Waals surface area contributed by atoms with E-state index >= 15 is 0 Å². The molecule has 2 aliphatic rings. The molecule has 3 nitrogen and oxygen atoms in total. The Bertz CT molecular complexity index is 229. The van der Waals surface area contributed by atoms with E-state index in [1.807, 2.05) is 6.92 Å². The van der Waals surface area contributed by atoms with E-state index in [0.29, 0.717) is 0 Å². The molecule has 0 amide bonds. The molecule has 0 atom stereocenters. The van der Waals surface area contributed by atoms with E-state index in [0.717, 1.165) is 5.70 Å². The minimum Gasteiger partial charge on any atom is -0.310 e. The highest BCUT2D eigenvalue weighted by atomic mass is 19.3. The topological polar surface area (TPSA) is 36.1 Å². The van der Waals surface area contributed by atoms with E-state index in [4.69, 9.17) is 0 Å². The average molecular weight is 175 g/mol.